The average Bonchev–Trinajstić information content (AvgIpc) is 3.30. The molecule has 0 saturated carbocycles. The zero-order valence-electron chi connectivity index (χ0n) is 23.5. The highest BCUT2D eigenvalue weighted by molar-refractivity contribution is 9.10. The number of allylic oxidation sites excluding steroid dienone is 1. The van der Waals surface area contributed by atoms with E-state index in [4.69, 9.17) is 37.4 Å². The van der Waals surface area contributed by atoms with Gasteiger partial charge in [0.2, 0.25) is 0 Å². The second-order valence-corrected chi connectivity index (χ2v) is 12.3. The Morgan fingerprint density at radius 2 is 1.80 bits per heavy atom. The lowest BCUT2D eigenvalue weighted by atomic mass is 9.95. The first kappa shape index (κ1) is 32.8. The number of alkyl halides is 3. The predicted octanol–water partition coefficient (Wildman–Crippen LogP) is 7.00. The lowest BCUT2D eigenvalue weighted by Crippen LogP contribution is -2.41. The lowest BCUT2D eigenvalue weighted by molar-refractivity contribution is -0.140. The third kappa shape index (κ3) is 6.99. The Bertz CT molecular complexity index is 1970. The van der Waals surface area contributed by atoms with Crippen LogP contribution in [0.2, 0.25) is 10.0 Å². The number of rotatable bonds is 8. The Hall–Kier alpha value is -3.58. The number of nitrogens with zero attached hydrogens (tertiary/aromatic N) is 2. The quantitative estimate of drug-likeness (QED) is 0.182. The van der Waals surface area contributed by atoms with Crippen molar-refractivity contribution < 1.29 is 32.2 Å². The molecule has 0 N–H and O–H groups in total. The van der Waals surface area contributed by atoms with Crippen molar-refractivity contribution in [1.82, 2.24) is 4.57 Å². The van der Waals surface area contributed by atoms with Crippen LogP contribution in [0.5, 0.6) is 11.5 Å². The van der Waals surface area contributed by atoms with E-state index in [1.807, 2.05) is 24.3 Å². The van der Waals surface area contributed by atoms with Gasteiger partial charge in [0.05, 0.1) is 34.9 Å². The molecule has 0 fully saturated rings. The highest BCUT2D eigenvalue weighted by Gasteiger charge is 2.45. The molecule has 14 heteroatoms. The van der Waals surface area contributed by atoms with Gasteiger partial charge in [-0.05, 0) is 66.1 Å². The molecule has 0 saturated heterocycles. The summed E-state index contributed by atoms with van der Waals surface area (Å²) >= 11 is 16.7. The average molecular weight is 742 g/mol. The minimum atomic E-state index is -5.02. The SMILES string of the molecule is CCOC(=O)C1=C(C(F)(F)F)N=c2s/c(=C\c3cc(Cl)c(OCc4ccc(Br)cc4)c(OC)c3)c(=O)n2[C@H]1c1ccc(Cl)cc1. The van der Waals surface area contributed by atoms with Crippen LogP contribution in [0.4, 0.5) is 13.2 Å². The van der Waals surface area contributed by atoms with E-state index in [1.54, 1.807) is 12.1 Å². The van der Waals surface area contributed by atoms with Gasteiger partial charge >= 0.3 is 12.1 Å². The summed E-state index contributed by atoms with van der Waals surface area (Å²) in [6.45, 7) is 1.49. The summed E-state index contributed by atoms with van der Waals surface area (Å²) < 4.78 is 61.4. The first-order valence-corrected chi connectivity index (χ1v) is 15.6. The maximum atomic E-state index is 14.3. The Kier molecular flexibility index (Phi) is 9.78. The Morgan fingerprint density at radius 1 is 1.11 bits per heavy atom. The summed E-state index contributed by atoms with van der Waals surface area (Å²) in [4.78, 5) is 30.3. The number of carbonyl (C=O) groups is 1. The molecule has 7 nitrogen and oxygen atoms in total. The predicted molar refractivity (Wildman–Crippen MR) is 169 cm³/mol. The summed E-state index contributed by atoms with van der Waals surface area (Å²) in [6.07, 6.45) is -3.56. The molecule has 4 aromatic rings. The van der Waals surface area contributed by atoms with Gasteiger partial charge in [-0.2, -0.15) is 13.2 Å². The fraction of sp³-hybridized carbons (Fsp3) is 0.194. The van der Waals surface area contributed by atoms with Crippen LogP contribution in [0, 0.1) is 0 Å². The van der Waals surface area contributed by atoms with Gasteiger partial charge in [-0.15, -0.1) is 0 Å². The smallest absolute Gasteiger partial charge is 0.434 e. The van der Waals surface area contributed by atoms with Crippen LogP contribution < -0.4 is 24.4 Å². The van der Waals surface area contributed by atoms with Crippen molar-refractivity contribution in [2.24, 2.45) is 4.99 Å². The molecule has 5 rings (SSSR count). The van der Waals surface area contributed by atoms with Gasteiger partial charge in [0.1, 0.15) is 6.61 Å². The number of carbonyl (C=O) groups excluding carboxylic acids is 1. The third-order valence-corrected chi connectivity index (χ3v) is 8.67. The minimum absolute atomic E-state index is 0.0426. The molecule has 0 bridgehead atoms. The van der Waals surface area contributed by atoms with E-state index in [1.165, 1.54) is 44.4 Å². The fourth-order valence-corrected chi connectivity index (χ4v) is 6.32. The van der Waals surface area contributed by atoms with Crippen molar-refractivity contribution in [3.8, 4) is 11.5 Å². The van der Waals surface area contributed by atoms with Crippen LogP contribution in [0.25, 0.3) is 6.08 Å². The summed E-state index contributed by atoms with van der Waals surface area (Å²) in [5, 5.41) is 0.507. The van der Waals surface area contributed by atoms with E-state index in [2.05, 4.69) is 20.9 Å². The number of hydrogen-bond acceptors (Lipinski definition) is 7. The van der Waals surface area contributed by atoms with Gasteiger partial charge in [0, 0.05) is 9.50 Å². The standard InChI is InChI=1S/C31H22BrCl2F3N2O5S/c1-3-43-29(41)24-25(18-6-10-20(33)11-7-18)39-28(40)23(45-30(39)38-27(24)31(35,36)37)14-17-12-21(34)26(22(13-17)42-2)44-15-16-4-8-19(32)9-5-16/h4-14,25H,3,15H2,1-2H3/b23-14-/t25-/m0/s1. The zero-order chi connectivity index (χ0) is 32.5. The number of esters is 1. The van der Waals surface area contributed by atoms with Crippen LogP contribution in [-0.4, -0.2) is 30.4 Å². The van der Waals surface area contributed by atoms with E-state index in [-0.39, 0.29) is 44.6 Å². The van der Waals surface area contributed by atoms with E-state index in [0.29, 0.717) is 10.6 Å². The molecule has 3 aromatic carbocycles. The molecule has 45 heavy (non-hydrogen) atoms. The molecule has 1 atom stereocenters. The van der Waals surface area contributed by atoms with Crippen LogP contribution >= 0.6 is 50.5 Å². The molecule has 0 amide bonds. The van der Waals surface area contributed by atoms with Gasteiger partial charge in [-0.1, -0.05) is 74.7 Å². The summed E-state index contributed by atoms with van der Waals surface area (Å²) in [6, 6.07) is 15.0. The number of benzene rings is 3. The van der Waals surface area contributed by atoms with Gasteiger partial charge in [0.15, 0.2) is 22.0 Å². The van der Waals surface area contributed by atoms with Gasteiger partial charge in [-0.3, -0.25) is 9.36 Å². The maximum absolute atomic E-state index is 14.3. The molecule has 1 aliphatic heterocycles. The molecule has 2 heterocycles. The summed E-state index contributed by atoms with van der Waals surface area (Å²) in [5.41, 5.74) is -1.40. The normalized spacial score (nSPS) is 15.0. The topological polar surface area (TPSA) is 79.1 Å². The lowest BCUT2D eigenvalue weighted by Gasteiger charge is -2.26. The number of halogens is 6. The Balaban J connectivity index is 1.63. The zero-order valence-corrected chi connectivity index (χ0v) is 27.4. The molecule has 1 aromatic heterocycles. The van der Waals surface area contributed by atoms with Crippen molar-refractivity contribution in [2.75, 3.05) is 13.7 Å². The summed E-state index contributed by atoms with van der Waals surface area (Å²) in [7, 11) is 1.43. The van der Waals surface area contributed by atoms with Crippen molar-refractivity contribution in [3.63, 3.8) is 0 Å². The summed E-state index contributed by atoms with van der Waals surface area (Å²) in [5.74, 6) is -0.683. The number of aromatic nitrogens is 1. The molecule has 234 valence electrons. The largest absolute Gasteiger partial charge is 0.493 e. The van der Waals surface area contributed by atoms with Crippen molar-refractivity contribution in [1.29, 1.82) is 0 Å². The fourth-order valence-electron chi connectivity index (χ4n) is 4.65. The van der Waals surface area contributed by atoms with Gasteiger partial charge in [0.25, 0.3) is 5.56 Å². The second kappa shape index (κ2) is 13.4. The van der Waals surface area contributed by atoms with E-state index < -0.39 is 35.0 Å². The van der Waals surface area contributed by atoms with Crippen LogP contribution in [0.3, 0.4) is 0 Å². The number of thiazole rings is 1. The number of fused-ring (bicyclic) bond motifs is 1. The Labute approximate surface area is 276 Å². The van der Waals surface area contributed by atoms with E-state index in [9.17, 15) is 22.8 Å². The Morgan fingerprint density at radius 3 is 2.42 bits per heavy atom. The van der Waals surface area contributed by atoms with Gasteiger partial charge in [-0.25, -0.2) is 9.79 Å². The molecule has 0 aliphatic carbocycles. The minimum Gasteiger partial charge on any atom is -0.493 e. The van der Waals surface area contributed by atoms with Crippen molar-refractivity contribution in [3.05, 3.63) is 123 Å². The van der Waals surface area contributed by atoms with Crippen LogP contribution in [0.15, 0.2) is 86.2 Å². The molecular weight excluding hydrogens is 720 g/mol. The number of ether oxygens (including phenoxy) is 3. The molecule has 1 aliphatic rings. The second-order valence-electron chi connectivity index (χ2n) is 9.56. The monoisotopic (exact) mass is 740 g/mol. The van der Waals surface area contributed by atoms with Crippen molar-refractivity contribution >= 4 is 62.5 Å². The van der Waals surface area contributed by atoms with Gasteiger partial charge < -0.3 is 14.2 Å². The first-order chi connectivity index (χ1) is 21.4. The third-order valence-electron chi connectivity index (χ3n) is 6.63. The van der Waals surface area contributed by atoms with Crippen molar-refractivity contribution in [2.45, 2.75) is 25.7 Å². The van der Waals surface area contributed by atoms with E-state index >= 15 is 0 Å². The highest BCUT2D eigenvalue weighted by Crippen LogP contribution is 2.39. The highest BCUT2D eigenvalue weighted by atomic mass is 79.9. The van der Waals surface area contributed by atoms with E-state index in [0.717, 1.165) is 25.9 Å². The van der Waals surface area contributed by atoms with Crippen LogP contribution in [0.1, 0.15) is 29.7 Å². The number of methoxy groups -OCH3 is 1. The molecule has 0 unspecified atom stereocenters. The molecular formula is C31H22BrCl2F3N2O5S. The molecule has 0 radical (unpaired) electrons. The van der Waals surface area contributed by atoms with Crippen LogP contribution in [-0.2, 0) is 16.1 Å². The number of hydrogen-bond donors (Lipinski definition) is 0. The first-order valence-electron chi connectivity index (χ1n) is 13.2. The molecule has 0 spiro atoms. The maximum Gasteiger partial charge on any atom is 0.434 e.